The fourth-order valence-electron chi connectivity index (χ4n) is 0.857. The van der Waals surface area contributed by atoms with Crippen LogP contribution in [0.3, 0.4) is 0 Å². The van der Waals surface area contributed by atoms with Gasteiger partial charge in [-0.3, -0.25) is 0 Å². The van der Waals surface area contributed by atoms with Crippen molar-refractivity contribution in [2.75, 3.05) is 0 Å². The summed E-state index contributed by atoms with van der Waals surface area (Å²) in [7, 11) is 0. The lowest BCUT2D eigenvalue weighted by Crippen LogP contribution is -1.90. The van der Waals surface area contributed by atoms with E-state index in [1.165, 1.54) is 0 Å². The van der Waals surface area contributed by atoms with Crippen molar-refractivity contribution in [3.63, 3.8) is 0 Å². The second-order valence-electron chi connectivity index (χ2n) is 2.83. The highest BCUT2D eigenvalue weighted by Gasteiger charge is 2.03. The third-order valence-electron chi connectivity index (χ3n) is 1.32. The van der Waals surface area contributed by atoms with Gasteiger partial charge in [-0.05, 0) is 23.8 Å². The highest BCUT2D eigenvalue weighted by Crippen LogP contribution is 2.25. The summed E-state index contributed by atoms with van der Waals surface area (Å²) in [6, 6.07) is 1.75. The minimum atomic E-state index is 0.457. The molecule has 0 amide bonds. The Morgan fingerprint density at radius 2 is 2.30 bits per heavy atom. The number of rotatable bonds is 2. The van der Waals surface area contributed by atoms with Crippen LogP contribution in [0.15, 0.2) is 11.4 Å². The van der Waals surface area contributed by atoms with Crippen molar-refractivity contribution >= 4 is 11.3 Å². The van der Waals surface area contributed by atoms with Gasteiger partial charge in [-0.25, -0.2) is 0 Å². The lowest BCUT2D eigenvalue weighted by molar-refractivity contribution is 0.467. The molecule has 10 heavy (non-hydrogen) atoms. The van der Waals surface area contributed by atoms with Crippen molar-refractivity contribution in [3.8, 4) is 5.75 Å². The van der Waals surface area contributed by atoms with E-state index in [2.05, 4.69) is 13.8 Å². The van der Waals surface area contributed by atoms with E-state index in [1.807, 2.05) is 5.38 Å². The summed E-state index contributed by atoms with van der Waals surface area (Å²) in [5, 5.41) is 11.1. The average Bonchev–Trinajstić information content (AvgIpc) is 2.15. The van der Waals surface area contributed by atoms with Crippen LogP contribution >= 0.6 is 11.3 Å². The largest absolute Gasteiger partial charge is 0.507 e. The molecule has 0 saturated heterocycles. The Hall–Kier alpha value is -0.500. The monoisotopic (exact) mass is 156 g/mol. The average molecular weight is 156 g/mol. The lowest BCUT2D eigenvalue weighted by Gasteiger charge is -2.00. The van der Waals surface area contributed by atoms with E-state index in [9.17, 15) is 5.11 Å². The fraction of sp³-hybridized carbons (Fsp3) is 0.500. The second-order valence-corrected chi connectivity index (χ2v) is 3.83. The van der Waals surface area contributed by atoms with Crippen LogP contribution in [0.4, 0.5) is 0 Å². The summed E-state index contributed by atoms with van der Waals surface area (Å²) < 4.78 is 0. The van der Waals surface area contributed by atoms with E-state index in [-0.39, 0.29) is 0 Å². The standard InChI is InChI=1S/C8H12OS/c1-6(2)5-8-7(9)3-4-10-8/h3-4,6,9H,5H2,1-2H3. The molecular weight excluding hydrogens is 144 g/mol. The van der Waals surface area contributed by atoms with Gasteiger partial charge in [0.1, 0.15) is 5.75 Å². The van der Waals surface area contributed by atoms with Crippen molar-refractivity contribution in [2.24, 2.45) is 5.92 Å². The van der Waals surface area contributed by atoms with Gasteiger partial charge >= 0.3 is 0 Å². The zero-order valence-corrected chi connectivity index (χ0v) is 7.11. The summed E-state index contributed by atoms with van der Waals surface area (Å²) in [5.41, 5.74) is 0. The quantitative estimate of drug-likeness (QED) is 0.698. The van der Waals surface area contributed by atoms with Gasteiger partial charge in [0.25, 0.3) is 0 Å². The minimum Gasteiger partial charge on any atom is -0.507 e. The predicted octanol–water partition coefficient (Wildman–Crippen LogP) is 2.65. The Labute approximate surface area is 65.3 Å². The van der Waals surface area contributed by atoms with Gasteiger partial charge in [-0.1, -0.05) is 13.8 Å². The third kappa shape index (κ3) is 1.74. The van der Waals surface area contributed by atoms with Gasteiger partial charge in [-0.2, -0.15) is 0 Å². The van der Waals surface area contributed by atoms with Crippen molar-refractivity contribution in [1.82, 2.24) is 0 Å². The molecule has 0 atom stereocenters. The van der Waals surface area contributed by atoms with E-state index in [4.69, 9.17) is 0 Å². The van der Waals surface area contributed by atoms with E-state index in [1.54, 1.807) is 17.4 Å². The maximum atomic E-state index is 9.21. The molecular formula is C8H12OS. The SMILES string of the molecule is CC(C)Cc1sccc1O. The molecule has 0 radical (unpaired) electrons. The molecule has 1 nitrogen and oxygen atoms in total. The molecule has 0 bridgehead atoms. The molecule has 56 valence electrons. The first kappa shape index (κ1) is 7.61. The maximum Gasteiger partial charge on any atom is 0.129 e. The molecule has 0 saturated carbocycles. The molecule has 2 heteroatoms. The maximum absolute atomic E-state index is 9.21. The summed E-state index contributed by atoms with van der Waals surface area (Å²) in [4.78, 5) is 1.11. The van der Waals surface area contributed by atoms with Crippen LogP contribution < -0.4 is 0 Å². The molecule has 1 aromatic rings. The van der Waals surface area contributed by atoms with Crippen molar-refractivity contribution in [2.45, 2.75) is 20.3 Å². The van der Waals surface area contributed by atoms with Gasteiger partial charge in [0.05, 0.1) is 0 Å². The molecule has 0 aliphatic carbocycles. The first-order valence-corrected chi connectivity index (χ1v) is 4.33. The summed E-state index contributed by atoms with van der Waals surface area (Å²) in [6.07, 6.45) is 0.990. The Bertz CT molecular complexity index is 203. The van der Waals surface area contributed by atoms with E-state index in [0.717, 1.165) is 11.3 Å². The van der Waals surface area contributed by atoms with Crippen LogP contribution in [0.2, 0.25) is 0 Å². The van der Waals surface area contributed by atoms with Gasteiger partial charge in [0.2, 0.25) is 0 Å². The van der Waals surface area contributed by atoms with Gasteiger partial charge < -0.3 is 5.11 Å². The Balaban J connectivity index is 2.65. The zero-order valence-electron chi connectivity index (χ0n) is 6.29. The highest BCUT2D eigenvalue weighted by molar-refractivity contribution is 7.10. The molecule has 1 heterocycles. The lowest BCUT2D eigenvalue weighted by atomic mass is 10.1. The van der Waals surface area contributed by atoms with Gasteiger partial charge in [0, 0.05) is 4.88 Å². The van der Waals surface area contributed by atoms with Crippen LogP contribution in [0.5, 0.6) is 5.75 Å². The Morgan fingerprint density at radius 3 is 2.70 bits per heavy atom. The smallest absolute Gasteiger partial charge is 0.129 e. The fourth-order valence-corrected chi connectivity index (χ4v) is 1.84. The molecule has 0 spiro atoms. The third-order valence-corrected chi connectivity index (χ3v) is 2.25. The van der Waals surface area contributed by atoms with Gasteiger partial charge in [0.15, 0.2) is 0 Å². The van der Waals surface area contributed by atoms with Crippen molar-refractivity contribution in [1.29, 1.82) is 0 Å². The van der Waals surface area contributed by atoms with E-state index in [0.29, 0.717) is 11.7 Å². The van der Waals surface area contributed by atoms with Crippen LogP contribution in [0, 0.1) is 5.92 Å². The zero-order chi connectivity index (χ0) is 7.56. The van der Waals surface area contributed by atoms with Gasteiger partial charge in [-0.15, -0.1) is 11.3 Å². The summed E-state index contributed by atoms with van der Waals surface area (Å²) >= 11 is 1.63. The van der Waals surface area contributed by atoms with Crippen LogP contribution in [0.1, 0.15) is 18.7 Å². The number of aromatic hydroxyl groups is 1. The summed E-state index contributed by atoms with van der Waals surface area (Å²) in [6.45, 7) is 4.30. The molecule has 1 N–H and O–H groups in total. The minimum absolute atomic E-state index is 0.457. The molecule has 0 aliphatic rings. The second kappa shape index (κ2) is 3.06. The van der Waals surface area contributed by atoms with Crippen LogP contribution in [-0.4, -0.2) is 5.11 Å². The Morgan fingerprint density at radius 1 is 1.60 bits per heavy atom. The molecule has 1 rings (SSSR count). The normalized spacial score (nSPS) is 10.7. The molecule has 1 aromatic heterocycles. The molecule has 0 aromatic carbocycles. The van der Waals surface area contributed by atoms with Crippen molar-refractivity contribution < 1.29 is 5.11 Å². The van der Waals surface area contributed by atoms with E-state index < -0.39 is 0 Å². The first-order chi connectivity index (χ1) is 4.70. The summed E-state index contributed by atoms with van der Waals surface area (Å²) in [5.74, 6) is 1.09. The van der Waals surface area contributed by atoms with Crippen molar-refractivity contribution in [3.05, 3.63) is 16.3 Å². The molecule has 0 fully saturated rings. The molecule has 0 unspecified atom stereocenters. The Kier molecular flexibility index (Phi) is 2.33. The number of thiophene rings is 1. The molecule has 0 aliphatic heterocycles. The number of hydrogen-bond donors (Lipinski definition) is 1. The van der Waals surface area contributed by atoms with E-state index >= 15 is 0 Å². The highest BCUT2D eigenvalue weighted by atomic mass is 32.1. The van der Waals surface area contributed by atoms with Crippen LogP contribution in [0.25, 0.3) is 0 Å². The number of hydrogen-bond acceptors (Lipinski definition) is 2. The topological polar surface area (TPSA) is 20.2 Å². The predicted molar refractivity (Wildman–Crippen MR) is 44.5 cm³/mol. The van der Waals surface area contributed by atoms with Crippen LogP contribution in [-0.2, 0) is 6.42 Å². The first-order valence-electron chi connectivity index (χ1n) is 3.45.